The summed E-state index contributed by atoms with van der Waals surface area (Å²) in [4.78, 5) is 8.80. The molecule has 2 aromatic carbocycles. The lowest BCUT2D eigenvalue weighted by Crippen LogP contribution is -2.03. The van der Waals surface area contributed by atoms with Crippen molar-refractivity contribution in [2.24, 2.45) is 0 Å². The highest BCUT2D eigenvalue weighted by Crippen LogP contribution is 2.33. The minimum atomic E-state index is 0.452. The number of aryl methyl sites for hydroxylation is 2. The van der Waals surface area contributed by atoms with E-state index in [1.54, 1.807) is 32.5 Å². The summed E-state index contributed by atoms with van der Waals surface area (Å²) in [5.74, 6) is 2.43. The molecule has 0 atom stereocenters. The molecule has 1 heterocycles. The molecule has 0 spiro atoms. The fraction of sp³-hybridized carbons (Fsp3) is 0.200. The third-order valence-corrected chi connectivity index (χ3v) is 4.41. The molecular weight excluding hydrogens is 364 g/mol. The molecule has 0 bridgehead atoms. The molecule has 3 aromatic rings. The average Bonchev–Trinajstić information content (AvgIpc) is 2.65. The molecule has 140 valence electrons. The number of hydrogen-bond donors (Lipinski definition) is 2. The highest BCUT2D eigenvalue weighted by Gasteiger charge is 2.10. The van der Waals surface area contributed by atoms with E-state index >= 15 is 0 Å². The van der Waals surface area contributed by atoms with Crippen LogP contribution < -0.4 is 20.1 Å². The second kappa shape index (κ2) is 8.14. The Bertz CT molecular complexity index is 963. The molecular formula is C20H21ClN4O2. The summed E-state index contributed by atoms with van der Waals surface area (Å²) < 4.78 is 10.8. The van der Waals surface area contributed by atoms with Crippen LogP contribution in [0.15, 0.2) is 42.6 Å². The minimum Gasteiger partial charge on any atom is -0.495 e. The number of anilines is 4. The summed E-state index contributed by atoms with van der Waals surface area (Å²) in [6.45, 7) is 3.95. The van der Waals surface area contributed by atoms with E-state index in [0.29, 0.717) is 22.5 Å². The Morgan fingerprint density at radius 3 is 2.37 bits per heavy atom. The van der Waals surface area contributed by atoms with Crippen molar-refractivity contribution < 1.29 is 9.47 Å². The molecule has 0 aliphatic carbocycles. The maximum Gasteiger partial charge on any atom is 0.229 e. The van der Waals surface area contributed by atoms with Gasteiger partial charge in [-0.15, -0.1) is 0 Å². The number of methoxy groups -OCH3 is 2. The first-order valence-corrected chi connectivity index (χ1v) is 8.74. The maximum atomic E-state index is 6.17. The number of nitrogens with one attached hydrogen (secondary N) is 2. The summed E-state index contributed by atoms with van der Waals surface area (Å²) in [6.07, 6.45) is 1.68. The van der Waals surface area contributed by atoms with E-state index in [1.807, 2.05) is 38.1 Å². The summed E-state index contributed by atoms with van der Waals surface area (Å²) in [7, 11) is 3.23. The first kappa shape index (κ1) is 18.8. The van der Waals surface area contributed by atoms with Crippen molar-refractivity contribution in [3.8, 4) is 11.5 Å². The molecule has 2 N–H and O–H groups in total. The lowest BCUT2D eigenvalue weighted by molar-refractivity contribution is 0.416. The lowest BCUT2D eigenvalue weighted by atomic mass is 10.2. The van der Waals surface area contributed by atoms with Crippen LogP contribution in [0.5, 0.6) is 11.5 Å². The standard InChI is InChI=1S/C20H21ClN4O2/c1-12-5-6-17(26-3)15(9-12)24-20-22-8-7-19(25-20)23-16-10-13(2)14(21)11-18(16)27-4/h5-11H,1-4H3,(H2,22,23,24,25). The van der Waals surface area contributed by atoms with Crippen molar-refractivity contribution in [3.63, 3.8) is 0 Å². The Labute approximate surface area is 163 Å². The SMILES string of the molecule is COc1cc(Cl)c(C)cc1Nc1ccnc(Nc2cc(C)ccc2OC)n1. The maximum absolute atomic E-state index is 6.17. The largest absolute Gasteiger partial charge is 0.495 e. The van der Waals surface area contributed by atoms with E-state index in [2.05, 4.69) is 20.6 Å². The zero-order valence-corrected chi connectivity index (χ0v) is 16.4. The fourth-order valence-electron chi connectivity index (χ4n) is 2.60. The van der Waals surface area contributed by atoms with Crippen molar-refractivity contribution in [2.45, 2.75) is 13.8 Å². The van der Waals surface area contributed by atoms with E-state index in [1.165, 1.54) is 0 Å². The minimum absolute atomic E-state index is 0.452. The van der Waals surface area contributed by atoms with E-state index in [0.717, 1.165) is 28.3 Å². The molecule has 6 nitrogen and oxygen atoms in total. The number of halogens is 1. The smallest absolute Gasteiger partial charge is 0.229 e. The van der Waals surface area contributed by atoms with Gasteiger partial charge in [-0.1, -0.05) is 17.7 Å². The number of hydrogen-bond acceptors (Lipinski definition) is 6. The van der Waals surface area contributed by atoms with Gasteiger partial charge >= 0.3 is 0 Å². The van der Waals surface area contributed by atoms with Gasteiger partial charge in [0.25, 0.3) is 0 Å². The molecule has 0 aliphatic heterocycles. The fourth-order valence-corrected chi connectivity index (χ4v) is 2.75. The van der Waals surface area contributed by atoms with Crippen LogP contribution in [0.1, 0.15) is 11.1 Å². The molecule has 7 heteroatoms. The van der Waals surface area contributed by atoms with Crippen molar-refractivity contribution >= 4 is 34.7 Å². The topological polar surface area (TPSA) is 68.3 Å². The van der Waals surface area contributed by atoms with Gasteiger partial charge in [-0.2, -0.15) is 4.98 Å². The van der Waals surface area contributed by atoms with Gasteiger partial charge in [0, 0.05) is 17.3 Å². The first-order valence-electron chi connectivity index (χ1n) is 8.36. The predicted molar refractivity (Wildman–Crippen MR) is 109 cm³/mol. The van der Waals surface area contributed by atoms with Crippen molar-refractivity contribution in [1.82, 2.24) is 9.97 Å². The van der Waals surface area contributed by atoms with Crippen LogP contribution in [0, 0.1) is 13.8 Å². The third-order valence-electron chi connectivity index (χ3n) is 4.00. The molecule has 1 aromatic heterocycles. The van der Waals surface area contributed by atoms with E-state index < -0.39 is 0 Å². The van der Waals surface area contributed by atoms with Gasteiger partial charge in [-0.25, -0.2) is 4.98 Å². The van der Waals surface area contributed by atoms with Crippen LogP contribution in [0.3, 0.4) is 0 Å². The second-order valence-corrected chi connectivity index (χ2v) is 6.43. The normalized spacial score (nSPS) is 10.4. The Morgan fingerprint density at radius 1 is 0.889 bits per heavy atom. The second-order valence-electron chi connectivity index (χ2n) is 6.02. The number of ether oxygens (including phenoxy) is 2. The summed E-state index contributed by atoms with van der Waals surface area (Å²) >= 11 is 6.17. The number of aromatic nitrogens is 2. The zero-order valence-electron chi connectivity index (χ0n) is 15.6. The number of rotatable bonds is 6. The van der Waals surface area contributed by atoms with E-state index in [9.17, 15) is 0 Å². The number of benzene rings is 2. The first-order chi connectivity index (χ1) is 13.0. The van der Waals surface area contributed by atoms with Gasteiger partial charge in [0.1, 0.15) is 17.3 Å². The highest BCUT2D eigenvalue weighted by atomic mass is 35.5. The Hall–Kier alpha value is -2.99. The van der Waals surface area contributed by atoms with Crippen molar-refractivity contribution in [1.29, 1.82) is 0 Å². The molecule has 0 aliphatic rings. The van der Waals surface area contributed by atoms with Crippen LogP contribution >= 0.6 is 11.6 Å². The number of nitrogens with zero attached hydrogens (tertiary/aromatic N) is 2. The predicted octanol–water partition coefficient (Wildman–Crippen LogP) is 5.25. The zero-order chi connectivity index (χ0) is 19.4. The molecule has 0 unspecified atom stereocenters. The van der Waals surface area contributed by atoms with Gasteiger partial charge < -0.3 is 20.1 Å². The van der Waals surface area contributed by atoms with Crippen molar-refractivity contribution in [2.75, 3.05) is 24.9 Å². The third kappa shape index (κ3) is 4.41. The molecule has 0 amide bonds. The molecule has 27 heavy (non-hydrogen) atoms. The van der Waals surface area contributed by atoms with Crippen LogP contribution in [0.2, 0.25) is 5.02 Å². The Kier molecular flexibility index (Phi) is 5.66. The average molecular weight is 385 g/mol. The van der Waals surface area contributed by atoms with Gasteiger partial charge in [0.05, 0.1) is 25.6 Å². The molecule has 0 saturated carbocycles. The Morgan fingerprint density at radius 2 is 1.63 bits per heavy atom. The van der Waals surface area contributed by atoms with Gasteiger partial charge in [-0.05, 0) is 49.2 Å². The molecule has 0 fully saturated rings. The summed E-state index contributed by atoms with van der Waals surface area (Å²) in [5, 5.41) is 7.10. The Balaban J connectivity index is 1.87. The van der Waals surface area contributed by atoms with E-state index in [-0.39, 0.29) is 0 Å². The van der Waals surface area contributed by atoms with Gasteiger partial charge in [0.15, 0.2) is 0 Å². The van der Waals surface area contributed by atoms with Crippen molar-refractivity contribution in [3.05, 3.63) is 58.7 Å². The van der Waals surface area contributed by atoms with Crippen LogP contribution in [-0.4, -0.2) is 24.2 Å². The lowest BCUT2D eigenvalue weighted by Gasteiger charge is -2.14. The summed E-state index contributed by atoms with van der Waals surface area (Å²) in [5.41, 5.74) is 3.62. The van der Waals surface area contributed by atoms with Crippen LogP contribution in [0.4, 0.5) is 23.1 Å². The van der Waals surface area contributed by atoms with Gasteiger partial charge in [-0.3, -0.25) is 0 Å². The van der Waals surface area contributed by atoms with Crippen LogP contribution in [0.25, 0.3) is 0 Å². The van der Waals surface area contributed by atoms with Gasteiger partial charge in [0.2, 0.25) is 5.95 Å². The monoisotopic (exact) mass is 384 g/mol. The molecule has 0 saturated heterocycles. The summed E-state index contributed by atoms with van der Waals surface area (Å²) in [6, 6.07) is 11.3. The van der Waals surface area contributed by atoms with Crippen LogP contribution in [-0.2, 0) is 0 Å². The molecule has 3 rings (SSSR count). The van der Waals surface area contributed by atoms with E-state index in [4.69, 9.17) is 21.1 Å². The quantitative estimate of drug-likeness (QED) is 0.604. The highest BCUT2D eigenvalue weighted by molar-refractivity contribution is 6.31. The molecule has 0 radical (unpaired) electrons.